The van der Waals surface area contributed by atoms with Crippen molar-refractivity contribution in [3.05, 3.63) is 70.9 Å². The highest BCUT2D eigenvalue weighted by molar-refractivity contribution is 7.89. The average Bonchev–Trinajstić information content (AvgIpc) is 2.77. The van der Waals surface area contributed by atoms with Crippen molar-refractivity contribution in [3.8, 4) is 0 Å². The molecule has 7 heteroatoms. The van der Waals surface area contributed by atoms with Crippen LogP contribution in [0.4, 0.5) is 0 Å². The number of nitrogens with one attached hydrogen (secondary N) is 1. The Morgan fingerprint density at radius 3 is 2.53 bits per heavy atom. The van der Waals surface area contributed by atoms with Crippen molar-refractivity contribution in [2.75, 3.05) is 19.6 Å². The van der Waals surface area contributed by atoms with Gasteiger partial charge in [-0.15, -0.1) is 0 Å². The third-order valence-electron chi connectivity index (χ3n) is 6.09. The van der Waals surface area contributed by atoms with Crippen LogP contribution in [0, 0.1) is 26.7 Å². The molecule has 0 spiro atoms. The molecule has 1 aromatic heterocycles. The number of sulfonamides is 1. The van der Waals surface area contributed by atoms with Crippen LogP contribution in [-0.4, -0.2) is 43.8 Å². The molecule has 0 saturated carbocycles. The standard InChI is InChI=1S/C25H29N3O3S/c1-17-7-10-22(11-8-17)32(30,31)26-15-20-5-4-12-28(16-20)25(29)23-14-21-9-6-18(2)13-24(21)27-19(23)3/h6-11,13-14,20,26H,4-5,12,15-16H2,1-3H3. The normalized spacial score (nSPS) is 17.0. The molecule has 1 unspecified atom stereocenters. The van der Waals surface area contributed by atoms with E-state index in [2.05, 4.69) is 9.71 Å². The van der Waals surface area contributed by atoms with E-state index < -0.39 is 10.0 Å². The van der Waals surface area contributed by atoms with Crippen molar-refractivity contribution in [2.45, 2.75) is 38.5 Å². The van der Waals surface area contributed by atoms with Gasteiger partial charge < -0.3 is 4.90 Å². The maximum absolute atomic E-state index is 13.3. The average molecular weight is 452 g/mol. The minimum Gasteiger partial charge on any atom is -0.338 e. The predicted octanol–water partition coefficient (Wildman–Crippen LogP) is 3.99. The number of likely N-dealkylation sites (tertiary alicyclic amines) is 1. The van der Waals surface area contributed by atoms with Crippen LogP contribution in [0.5, 0.6) is 0 Å². The molecule has 1 fully saturated rings. The van der Waals surface area contributed by atoms with E-state index in [4.69, 9.17) is 0 Å². The van der Waals surface area contributed by atoms with E-state index in [1.807, 2.05) is 49.9 Å². The summed E-state index contributed by atoms with van der Waals surface area (Å²) in [5.41, 5.74) is 4.37. The van der Waals surface area contributed by atoms with Gasteiger partial charge in [0.2, 0.25) is 10.0 Å². The summed E-state index contributed by atoms with van der Waals surface area (Å²) in [6.45, 7) is 7.33. The predicted molar refractivity (Wildman–Crippen MR) is 126 cm³/mol. The number of amides is 1. The molecule has 1 N–H and O–H groups in total. The molecule has 0 bridgehead atoms. The summed E-state index contributed by atoms with van der Waals surface area (Å²) in [6, 6.07) is 14.8. The van der Waals surface area contributed by atoms with Crippen molar-refractivity contribution in [1.29, 1.82) is 0 Å². The van der Waals surface area contributed by atoms with Gasteiger partial charge in [-0.25, -0.2) is 13.1 Å². The van der Waals surface area contributed by atoms with Gasteiger partial charge in [0.15, 0.2) is 0 Å². The Labute approximate surface area is 189 Å². The molecule has 0 aliphatic carbocycles. The first-order valence-electron chi connectivity index (χ1n) is 11.0. The molecule has 1 amide bonds. The second kappa shape index (κ2) is 9.00. The Bertz CT molecular complexity index is 1250. The number of benzene rings is 2. The zero-order valence-electron chi connectivity index (χ0n) is 18.8. The quantitative estimate of drug-likeness (QED) is 0.636. The maximum Gasteiger partial charge on any atom is 0.255 e. The molecule has 1 aliphatic rings. The van der Waals surface area contributed by atoms with E-state index in [0.29, 0.717) is 25.2 Å². The number of hydrogen-bond donors (Lipinski definition) is 1. The smallest absolute Gasteiger partial charge is 0.255 e. The number of pyridine rings is 1. The molecule has 2 aromatic carbocycles. The van der Waals surface area contributed by atoms with Gasteiger partial charge in [0.1, 0.15) is 0 Å². The maximum atomic E-state index is 13.3. The molecule has 1 saturated heterocycles. The summed E-state index contributed by atoms with van der Waals surface area (Å²) in [4.78, 5) is 20.0. The largest absolute Gasteiger partial charge is 0.338 e. The highest BCUT2D eigenvalue weighted by Crippen LogP contribution is 2.23. The minimum atomic E-state index is -3.56. The van der Waals surface area contributed by atoms with E-state index in [1.165, 1.54) is 0 Å². The van der Waals surface area contributed by atoms with Crippen LogP contribution in [0.1, 0.15) is 40.0 Å². The minimum absolute atomic E-state index is 0.0384. The lowest BCUT2D eigenvalue weighted by atomic mass is 9.97. The summed E-state index contributed by atoms with van der Waals surface area (Å²) in [5, 5.41) is 0.948. The molecule has 1 atom stereocenters. The Morgan fingerprint density at radius 1 is 1.06 bits per heavy atom. The number of fused-ring (bicyclic) bond motifs is 1. The summed E-state index contributed by atoms with van der Waals surface area (Å²) in [5.74, 6) is 0.0351. The third-order valence-corrected chi connectivity index (χ3v) is 7.53. The van der Waals surface area contributed by atoms with Gasteiger partial charge in [0, 0.05) is 25.0 Å². The van der Waals surface area contributed by atoms with Gasteiger partial charge in [-0.1, -0.05) is 29.8 Å². The number of carbonyl (C=O) groups is 1. The fraction of sp³-hybridized carbons (Fsp3) is 0.360. The first-order chi connectivity index (χ1) is 15.2. The lowest BCUT2D eigenvalue weighted by molar-refractivity contribution is 0.0675. The van der Waals surface area contributed by atoms with Crippen LogP contribution >= 0.6 is 0 Å². The fourth-order valence-electron chi connectivity index (χ4n) is 4.20. The molecule has 1 aliphatic heterocycles. The van der Waals surface area contributed by atoms with Gasteiger partial charge in [0.25, 0.3) is 5.91 Å². The molecular weight excluding hydrogens is 422 g/mol. The number of aromatic nitrogens is 1. The second-order valence-electron chi connectivity index (χ2n) is 8.74. The third kappa shape index (κ3) is 4.84. The Balaban J connectivity index is 1.45. The first kappa shape index (κ1) is 22.4. The van der Waals surface area contributed by atoms with Crippen molar-refractivity contribution in [1.82, 2.24) is 14.6 Å². The van der Waals surface area contributed by atoms with Crippen molar-refractivity contribution < 1.29 is 13.2 Å². The number of nitrogens with zero attached hydrogens (tertiary/aromatic N) is 2. The van der Waals surface area contributed by atoms with Gasteiger partial charge in [0.05, 0.1) is 21.7 Å². The van der Waals surface area contributed by atoms with Gasteiger partial charge in [-0.3, -0.25) is 9.78 Å². The summed E-state index contributed by atoms with van der Waals surface area (Å²) in [7, 11) is -3.56. The van der Waals surface area contributed by atoms with E-state index in [1.54, 1.807) is 24.3 Å². The Hall–Kier alpha value is -2.77. The summed E-state index contributed by atoms with van der Waals surface area (Å²) in [6.07, 6.45) is 1.73. The lowest BCUT2D eigenvalue weighted by Gasteiger charge is -2.33. The highest BCUT2D eigenvalue weighted by Gasteiger charge is 2.27. The molecule has 4 rings (SSSR count). The van der Waals surface area contributed by atoms with Crippen molar-refractivity contribution >= 4 is 26.8 Å². The Morgan fingerprint density at radius 2 is 1.78 bits per heavy atom. The van der Waals surface area contributed by atoms with Crippen LogP contribution in [0.25, 0.3) is 10.9 Å². The van der Waals surface area contributed by atoms with E-state index in [9.17, 15) is 13.2 Å². The number of carbonyl (C=O) groups excluding carboxylic acids is 1. The van der Waals surface area contributed by atoms with Crippen LogP contribution in [0.2, 0.25) is 0 Å². The van der Waals surface area contributed by atoms with Gasteiger partial charge >= 0.3 is 0 Å². The molecular formula is C25H29N3O3S. The number of hydrogen-bond acceptors (Lipinski definition) is 4. The first-order valence-corrected chi connectivity index (χ1v) is 12.4. The number of piperidine rings is 1. The van der Waals surface area contributed by atoms with E-state index in [-0.39, 0.29) is 16.7 Å². The van der Waals surface area contributed by atoms with Gasteiger partial charge in [-0.05, 0) is 69.4 Å². The second-order valence-corrected chi connectivity index (χ2v) is 10.5. The molecule has 2 heterocycles. The number of rotatable bonds is 5. The zero-order valence-corrected chi connectivity index (χ0v) is 19.6. The number of aryl methyl sites for hydroxylation is 3. The monoisotopic (exact) mass is 451 g/mol. The van der Waals surface area contributed by atoms with Crippen molar-refractivity contribution in [2.24, 2.45) is 5.92 Å². The summed E-state index contributed by atoms with van der Waals surface area (Å²) < 4.78 is 28.0. The zero-order chi connectivity index (χ0) is 22.9. The summed E-state index contributed by atoms with van der Waals surface area (Å²) >= 11 is 0. The SMILES string of the molecule is Cc1ccc(S(=O)(=O)NCC2CCCN(C(=O)c3cc4ccc(C)cc4nc3C)C2)cc1. The van der Waals surface area contributed by atoms with Crippen LogP contribution < -0.4 is 4.72 Å². The molecule has 168 valence electrons. The molecule has 0 radical (unpaired) electrons. The van der Waals surface area contributed by atoms with Crippen LogP contribution in [0.3, 0.4) is 0 Å². The fourth-order valence-corrected chi connectivity index (χ4v) is 5.32. The highest BCUT2D eigenvalue weighted by atomic mass is 32.2. The van der Waals surface area contributed by atoms with E-state index >= 15 is 0 Å². The van der Waals surface area contributed by atoms with E-state index in [0.717, 1.165) is 40.6 Å². The van der Waals surface area contributed by atoms with Crippen LogP contribution in [-0.2, 0) is 10.0 Å². The molecule has 32 heavy (non-hydrogen) atoms. The molecule has 6 nitrogen and oxygen atoms in total. The molecule has 3 aromatic rings. The van der Waals surface area contributed by atoms with Crippen LogP contribution in [0.15, 0.2) is 53.4 Å². The van der Waals surface area contributed by atoms with Crippen molar-refractivity contribution in [3.63, 3.8) is 0 Å². The lowest BCUT2D eigenvalue weighted by Crippen LogP contribution is -2.44. The van der Waals surface area contributed by atoms with Gasteiger partial charge in [-0.2, -0.15) is 0 Å². The Kier molecular flexibility index (Phi) is 6.31. The topological polar surface area (TPSA) is 79.4 Å².